The lowest BCUT2D eigenvalue weighted by atomic mass is 10.1. The van der Waals surface area contributed by atoms with Gasteiger partial charge in [-0.05, 0) is 62.4 Å². The molecule has 192 valence electrons. The summed E-state index contributed by atoms with van der Waals surface area (Å²) in [6.45, 7) is 9.05. The van der Waals surface area contributed by atoms with Crippen LogP contribution in [0.4, 0.5) is 5.69 Å². The summed E-state index contributed by atoms with van der Waals surface area (Å²) in [5.41, 5.74) is 2.80. The van der Waals surface area contributed by atoms with E-state index in [1.807, 2.05) is 46.8 Å². The third-order valence-electron chi connectivity index (χ3n) is 6.21. The van der Waals surface area contributed by atoms with Crippen molar-refractivity contribution in [1.82, 2.24) is 10.2 Å². The SMILES string of the molecule is CC[C@H](C)NC(=O)[C@H](CC)N(Cc1ccccc1Cl)C(=O)CN(c1cccc(C)c1C)S(C)(=O)=O. The molecule has 0 saturated heterocycles. The number of amides is 2. The molecule has 0 saturated carbocycles. The number of benzene rings is 2. The summed E-state index contributed by atoms with van der Waals surface area (Å²) < 4.78 is 26.7. The van der Waals surface area contributed by atoms with Crippen molar-refractivity contribution in [3.63, 3.8) is 0 Å². The Balaban J connectivity index is 2.50. The van der Waals surface area contributed by atoms with E-state index >= 15 is 0 Å². The minimum Gasteiger partial charge on any atom is -0.352 e. The highest BCUT2D eigenvalue weighted by molar-refractivity contribution is 7.92. The fourth-order valence-corrected chi connectivity index (χ4v) is 4.87. The van der Waals surface area contributed by atoms with E-state index in [0.29, 0.717) is 22.7 Å². The van der Waals surface area contributed by atoms with Gasteiger partial charge in [-0.15, -0.1) is 0 Å². The Hall–Kier alpha value is -2.58. The molecule has 2 aromatic carbocycles. The van der Waals surface area contributed by atoms with Gasteiger partial charge in [-0.1, -0.05) is 55.8 Å². The molecular weight excluding hydrogens is 486 g/mol. The van der Waals surface area contributed by atoms with Crippen LogP contribution < -0.4 is 9.62 Å². The van der Waals surface area contributed by atoms with Crippen molar-refractivity contribution in [2.24, 2.45) is 0 Å². The van der Waals surface area contributed by atoms with Crippen LogP contribution in [0.1, 0.15) is 50.3 Å². The first-order chi connectivity index (χ1) is 16.4. The van der Waals surface area contributed by atoms with E-state index in [2.05, 4.69) is 5.32 Å². The first-order valence-electron chi connectivity index (χ1n) is 11.8. The molecule has 0 aromatic heterocycles. The fraction of sp³-hybridized carbons (Fsp3) is 0.462. The van der Waals surface area contributed by atoms with E-state index in [9.17, 15) is 18.0 Å². The molecule has 35 heavy (non-hydrogen) atoms. The predicted molar refractivity (Wildman–Crippen MR) is 142 cm³/mol. The first kappa shape index (κ1) is 28.7. The number of halogens is 1. The summed E-state index contributed by atoms with van der Waals surface area (Å²) in [5, 5.41) is 3.42. The number of anilines is 1. The van der Waals surface area contributed by atoms with Crippen LogP contribution in [0.3, 0.4) is 0 Å². The summed E-state index contributed by atoms with van der Waals surface area (Å²) in [5.74, 6) is -0.762. The van der Waals surface area contributed by atoms with Crippen LogP contribution >= 0.6 is 11.6 Å². The van der Waals surface area contributed by atoms with Crippen LogP contribution in [0, 0.1) is 13.8 Å². The molecule has 0 bridgehead atoms. The summed E-state index contributed by atoms with van der Waals surface area (Å²) in [6, 6.07) is 11.6. The normalized spacial score (nSPS) is 13.1. The maximum Gasteiger partial charge on any atom is 0.244 e. The molecule has 1 N–H and O–H groups in total. The lowest BCUT2D eigenvalue weighted by molar-refractivity contribution is -0.140. The van der Waals surface area contributed by atoms with Crippen LogP contribution in [0.25, 0.3) is 0 Å². The molecular formula is C26H36ClN3O4S. The van der Waals surface area contributed by atoms with Crippen molar-refractivity contribution in [2.45, 2.75) is 66.1 Å². The minimum absolute atomic E-state index is 0.0590. The standard InChI is InChI=1S/C26H36ClN3O4S/c1-7-19(4)28-26(32)23(8-2)29(16-21-13-9-10-14-22(21)27)25(31)17-30(35(6,33)34)24-15-11-12-18(3)20(24)5/h9-15,19,23H,7-8,16-17H2,1-6H3,(H,28,32)/t19-,23-/m0/s1. The van der Waals surface area contributed by atoms with Crippen LogP contribution in [0.5, 0.6) is 0 Å². The molecule has 0 radical (unpaired) electrons. The van der Waals surface area contributed by atoms with Gasteiger partial charge in [-0.2, -0.15) is 0 Å². The molecule has 0 spiro atoms. The van der Waals surface area contributed by atoms with Gasteiger partial charge in [-0.3, -0.25) is 13.9 Å². The van der Waals surface area contributed by atoms with Crippen molar-refractivity contribution in [1.29, 1.82) is 0 Å². The molecule has 0 aliphatic heterocycles. The van der Waals surface area contributed by atoms with E-state index < -0.39 is 28.5 Å². The Kier molecular flexibility index (Phi) is 10.2. The van der Waals surface area contributed by atoms with Gasteiger partial charge in [0, 0.05) is 17.6 Å². The number of nitrogens with one attached hydrogen (secondary N) is 1. The molecule has 0 aliphatic rings. The van der Waals surface area contributed by atoms with Crippen LogP contribution in [0.2, 0.25) is 5.02 Å². The Morgan fingerprint density at radius 2 is 1.69 bits per heavy atom. The summed E-state index contributed by atoms with van der Waals surface area (Å²) in [7, 11) is -3.78. The fourth-order valence-electron chi connectivity index (χ4n) is 3.77. The molecule has 0 aliphatic carbocycles. The topological polar surface area (TPSA) is 86.8 Å². The van der Waals surface area contributed by atoms with Crippen molar-refractivity contribution < 1.29 is 18.0 Å². The molecule has 0 fully saturated rings. The Morgan fingerprint density at radius 1 is 1.03 bits per heavy atom. The minimum atomic E-state index is -3.78. The molecule has 2 rings (SSSR count). The Labute approximate surface area is 214 Å². The first-order valence-corrected chi connectivity index (χ1v) is 14.0. The van der Waals surface area contributed by atoms with Gasteiger partial charge in [0.05, 0.1) is 11.9 Å². The zero-order valence-electron chi connectivity index (χ0n) is 21.3. The van der Waals surface area contributed by atoms with Crippen LogP contribution in [-0.4, -0.2) is 50.0 Å². The third-order valence-corrected chi connectivity index (χ3v) is 7.70. The van der Waals surface area contributed by atoms with E-state index in [0.717, 1.165) is 28.1 Å². The zero-order valence-corrected chi connectivity index (χ0v) is 22.9. The van der Waals surface area contributed by atoms with E-state index in [4.69, 9.17) is 11.6 Å². The van der Waals surface area contributed by atoms with Gasteiger partial charge in [0.2, 0.25) is 21.8 Å². The molecule has 0 heterocycles. The van der Waals surface area contributed by atoms with E-state index in [1.54, 1.807) is 30.3 Å². The average Bonchev–Trinajstić information content (AvgIpc) is 2.79. The van der Waals surface area contributed by atoms with Crippen molar-refractivity contribution in [3.05, 3.63) is 64.2 Å². The smallest absolute Gasteiger partial charge is 0.244 e. The van der Waals surface area contributed by atoms with Crippen molar-refractivity contribution in [2.75, 3.05) is 17.1 Å². The molecule has 2 amide bonds. The number of carbonyl (C=O) groups excluding carboxylic acids is 2. The number of hydrogen-bond donors (Lipinski definition) is 1. The predicted octanol–water partition coefficient (Wildman–Crippen LogP) is 4.44. The number of rotatable bonds is 11. The second-order valence-corrected chi connectivity index (χ2v) is 11.2. The third kappa shape index (κ3) is 7.45. The molecule has 7 nitrogen and oxygen atoms in total. The molecule has 9 heteroatoms. The van der Waals surface area contributed by atoms with E-state index in [1.165, 1.54) is 4.90 Å². The van der Waals surface area contributed by atoms with Gasteiger partial charge < -0.3 is 10.2 Å². The van der Waals surface area contributed by atoms with Gasteiger partial charge in [0.1, 0.15) is 12.6 Å². The maximum atomic E-state index is 13.7. The maximum absolute atomic E-state index is 13.7. The van der Waals surface area contributed by atoms with Crippen LogP contribution in [0.15, 0.2) is 42.5 Å². The van der Waals surface area contributed by atoms with Crippen molar-refractivity contribution in [3.8, 4) is 0 Å². The van der Waals surface area contributed by atoms with Gasteiger partial charge in [0.15, 0.2) is 0 Å². The summed E-state index contributed by atoms with van der Waals surface area (Å²) in [4.78, 5) is 28.3. The molecule has 0 unspecified atom stereocenters. The summed E-state index contributed by atoms with van der Waals surface area (Å²) in [6.07, 6.45) is 2.18. The zero-order chi connectivity index (χ0) is 26.3. The molecule has 2 atom stereocenters. The number of nitrogens with zero attached hydrogens (tertiary/aromatic N) is 2. The second kappa shape index (κ2) is 12.4. The second-order valence-electron chi connectivity index (χ2n) is 8.84. The highest BCUT2D eigenvalue weighted by Gasteiger charge is 2.32. The Bertz CT molecular complexity index is 1150. The highest BCUT2D eigenvalue weighted by atomic mass is 35.5. The summed E-state index contributed by atoms with van der Waals surface area (Å²) >= 11 is 6.37. The lowest BCUT2D eigenvalue weighted by Gasteiger charge is -2.34. The highest BCUT2D eigenvalue weighted by Crippen LogP contribution is 2.26. The van der Waals surface area contributed by atoms with Gasteiger partial charge >= 0.3 is 0 Å². The Morgan fingerprint density at radius 3 is 2.26 bits per heavy atom. The average molecular weight is 522 g/mol. The van der Waals surface area contributed by atoms with E-state index in [-0.39, 0.29) is 18.5 Å². The largest absolute Gasteiger partial charge is 0.352 e. The van der Waals surface area contributed by atoms with Gasteiger partial charge in [0.25, 0.3) is 0 Å². The lowest BCUT2D eigenvalue weighted by Crippen LogP contribution is -2.53. The van der Waals surface area contributed by atoms with Gasteiger partial charge in [-0.25, -0.2) is 8.42 Å². The number of sulfonamides is 1. The number of hydrogen-bond acceptors (Lipinski definition) is 4. The van der Waals surface area contributed by atoms with Crippen molar-refractivity contribution >= 4 is 39.1 Å². The monoisotopic (exact) mass is 521 g/mol. The van der Waals surface area contributed by atoms with Crippen LogP contribution in [-0.2, 0) is 26.2 Å². The number of carbonyl (C=O) groups is 2. The number of aryl methyl sites for hydroxylation is 1. The quantitative estimate of drug-likeness (QED) is 0.473. The molecule has 2 aromatic rings.